The Kier molecular flexibility index (Phi) is 3.85. The first-order valence-corrected chi connectivity index (χ1v) is 4.95. The SMILES string of the molecule is CC(=O)c1cc(Br)ccc1OCC(=O)O. The van der Waals surface area contributed by atoms with Crippen molar-refractivity contribution in [3.8, 4) is 5.75 Å². The van der Waals surface area contributed by atoms with Crippen LogP contribution in [0.15, 0.2) is 22.7 Å². The van der Waals surface area contributed by atoms with Gasteiger partial charge in [-0.05, 0) is 25.1 Å². The molecule has 0 bridgehead atoms. The number of benzene rings is 1. The molecule has 0 saturated carbocycles. The van der Waals surface area contributed by atoms with E-state index in [2.05, 4.69) is 15.9 Å². The zero-order valence-electron chi connectivity index (χ0n) is 7.99. The number of hydrogen-bond donors (Lipinski definition) is 1. The van der Waals surface area contributed by atoms with E-state index < -0.39 is 12.6 Å². The van der Waals surface area contributed by atoms with Crippen LogP contribution in [0.5, 0.6) is 5.75 Å². The lowest BCUT2D eigenvalue weighted by Gasteiger charge is -2.07. The highest BCUT2D eigenvalue weighted by Gasteiger charge is 2.10. The van der Waals surface area contributed by atoms with E-state index in [0.717, 1.165) is 4.47 Å². The Bertz CT molecular complexity index is 400. The van der Waals surface area contributed by atoms with E-state index >= 15 is 0 Å². The number of carbonyl (C=O) groups is 2. The summed E-state index contributed by atoms with van der Waals surface area (Å²) in [5, 5.41) is 8.44. The predicted molar refractivity (Wildman–Crippen MR) is 57.3 cm³/mol. The summed E-state index contributed by atoms with van der Waals surface area (Å²) in [5.74, 6) is -0.961. The van der Waals surface area contributed by atoms with E-state index in [9.17, 15) is 9.59 Å². The van der Waals surface area contributed by atoms with Gasteiger partial charge in [-0.1, -0.05) is 15.9 Å². The standard InChI is InChI=1S/C10H9BrO4/c1-6(12)8-4-7(11)2-3-9(8)15-5-10(13)14/h2-4H,5H2,1H3,(H,13,14). The number of carboxylic acids is 1. The van der Waals surface area contributed by atoms with E-state index in [4.69, 9.17) is 9.84 Å². The van der Waals surface area contributed by atoms with Gasteiger partial charge in [-0.3, -0.25) is 4.79 Å². The molecule has 0 atom stereocenters. The lowest BCUT2D eigenvalue weighted by atomic mass is 10.1. The van der Waals surface area contributed by atoms with Crippen molar-refractivity contribution < 1.29 is 19.4 Å². The molecule has 5 heteroatoms. The fourth-order valence-corrected chi connectivity index (χ4v) is 1.40. The Labute approximate surface area is 95.0 Å². The minimum absolute atomic E-state index is 0.170. The fourth-order valence-electron chi connectivity index (χ4n) is 1.04. The fraction of sp³-hybridized carbons (Fsp3) is 0.200. The van der Waals surface area contributed by atoms with Gasteiger partial charge in [0, 0.05) is 4.47 Å². The second kappa shape index (κ2) is 4.93. The molecule has 80 valence electrons. The maximum atomic E-state index is 11.2. The summed E-state index contributed by atoms with van der Waals surface area (Å²) in [4.78, 5) is 21.5. The number of carboxylic acid groups (broad SMARTS) is 1. The largest absolute Gasteiger partial charge is 0.481 e. The second-order valence-electron chi connectivity index (χ2n) is 2.88. The summed E-state index contributed by atoms with van der Waals surface area (Å²) in [6, 6.07) is 4.84. The van der Waals surface area contributed by atoms with Crippen molar-refractivity contribution in [3.05, 3.63) is 28.2 Å². The minimum atomic E-state index is -1.08. The molecule has 0 aliphatic heterocycles. The maximum absolute atomic E-state index is 11.2. The Morgan fingerprint density at radius 2 is 2.13 bits per heavy atom. The molecule has 1 N–H and O–H groups in total. The first-order valence-electron chi connectivity index (χ1n) is 4.16. The van der Waals surface area contributed by atoms with Gasteiger partial charge >= 0.3 is 5.97 Å². The molecule has 4 nitrogen and oxygen atoms in total. The van der Waals surface area contributed by atoms with Crippen molar-refractivity contribution in [2.75, 3.05) is 6.61 Å². The molecule has 0 fully saturated rings. The van der Waals surface area contributed by atoms with Crippen LogP contribution >= 0.6 is 15.9 Å². The van der Waals surface area contributed by atoms with Gasteiger partial charge in [0.15, 0.2) is 12.4 Å². The van der Waals surface area contributed by atoms with Crippen molar-refractivity contribution in [1.29, 1.82) is 0 Å². The number of carbonyl (C=O) groups excluding carboxylic acids is 1. The third-order valence-corrected chi connectivity index (χ3v) is 2.17. The lowest BCUT2D eigenvalue weighted by Crippen LogP contribution is -2.11. The first kappa shape index (κ1) is 11.7. The molecule has 0 heterocycles. The van der Waals surface area contributed by atoms with Crippen LogP contribution in [0.4, 0.5) is 0 Å². The number of ketones is 1. The van der Waals surface area contributed by atoms with Crippen molar-refractivity contribution in [2.24, 2.45) is 0 Å². The molecule has 0 saturated heterocycles. The Hall–Kier alpha value is -1.36. The summed E-state index contributed by atoms with van der Waals surface area (Å²) < 4.78 is 5.72. The van der Waals surface area contributed by atoms with Gasteiger partial charge in [0.1, 0.15) is 5.75 Å². The molecular formula is C10H9BrO4. The predicted octanol–water partition coefficient (Wildman–Crippen LogP) is 2.12. The third kappa shape index (κ3) is 3.36. The van der Waals surface area contributed by atoms with Crippen LogP contribution in [0.2, 0.25) is 0 Å². The van der Waals surface area contributed by atoms with Crippen LogP contribution in [-0.4, -0.2) is 23.5 Å². The summed E-state index contributed by atoms with van der Waals surface area (Å²) in [6.45, 7) is 0.942. The van der Waals surface area contributed by atoms with Crippen LogP contribution in [0.1, 0.15) is 17.3 Å². The number of aliphatic carboxylic acids is 1. The molecule has 1 rings (SSSR count). The molecule has 0 aromatic heterocycles. The Morgan fingerprint density at radius 1 is 1.47 bits per heavy atom. The monoisotopic (exact) mass is 272 g/mol. The average molecular weight is 273 g/mol. The van der Waals surface area contributed by atoms with Crippen LogP contribution in [0, 0.1) is 0 Å². The number of rotatable bonds is 4. The summed E-state index contributed by atoms with van der Waals surface area (Å²) in [5.41, 5.74) is 0.366. The molecule has 0 spiro atoms. The van der Waals surface area contributed by atoms with E-state index in [1.807, 2.05) is 0 Å². The second-order valence-corrected chi connectivity index (χ2v) is 3.79. The normalized spacial score (nSPS) is 9.73. The van der Waals surface area contributed by atoms with Gasteiger partial charge in [-0.25, -0.2) is 4.79 Å². The average Bonchev–Trinajstić information content (AvgIpc) is 2.15. The molecule has 0 amide bonds. The van der Waals surface area contributed by atoms with Gasteiger partial charge in [-0.2, -0.15) is 0 Å². The lowest BCUT2D eigenvalue weighted by molar-refractivity contribution is -0.139. The zero-order valence-corrected chi connectivity index (χ0v) is 9.58. The molecule has 0 unspecified atom stereocenters. The molecule has 15 heavy (non-hydrogen) atoms. The number of hydrogen-bond acceptors (Lipinski definition) is 3. The van der Waals surface area contributed by atoms with Crippen molar-refractivity contribution in [3.63, 3.8) is 0 Å². The Balaban J connectivity index is 2.95. The molecule has 0 aliphatic carbocycles. The van der Waals surface area contributed by atoms with Crippen LogP contribution < -0.4 is 4.74 Å². The quantitative estimate of drug-likeness (QED) is 0.853. The van der Waals surface area contributed by atoms with Crippen LogP contribution in [-0.2, 0) is 4.79 Å². The van der Waals surface area contributed by atoms with Gasteiger partial charge in [0.2, 0.25) is 0 Å². The van der Waals surface area contributed by atoms with E-state index in [1.165, 1.54) is 6.92 Å². The zero-order chi connectivity index (χ0) is 11.4. The van der Waals surface area contributed by atoms with E-state index in [0.29, 0.717) is 5.56 Å². The maximum Gasteiger partial charge on any atom is 0.341 e. The van der Waals surface area contributed by atoms with E-state index in [1.54, 1.807) is 18.2 Å². The number of Topliss-reactive ketones (excluding diaryl/α,β-unsaturated/α-hetero) is 1. The molecule has 1 aromatic carbocycles. The van der Waals surface area contributed by atoms with E-state index in [-0.39, 0.29) is 11.5 Å². The highest BCUT2D eigenvalue weighted by molar-refractivity contribution is 9.10. The molecule has 1 aromatic rings. The number of halogens is 1. The van der Waals surface area contributed by atoms with Gasteiger partial charge in [0.25, 0.3) is 0 Å². The van der Waals surface area contributed by atoms with Crippen LogP contribution in [0.25, 0.3) is 0 Å². The highest BCUT2D eigenvalue weighted by Crippen LogP contribution is 2.23. The smallest absolute Gasteiger partial charge is 0.341 e. The van der Waals surface area contributed by atoms with Crippen LogP contribution in [0.3, 0.4) is 0 Å². The van der Waals surface area contributed by atoms with Crippen molar-refractivity contribution in [1.82, 2.24) is 0 Å². The highest BCUT2D eigenvalue weighted by atomic mass is 79.9. The third-order valence-electron chi connectivity index (χ3n) is 1.67. The van der Waals surface area contributed by atoms with Gasteiger partial charge < -0.3 is 9.84 Å². The minimum Gasteiger partial charge on any atom is -0.481 e. The molecule has 0 aliphatic rings. The van der Waals surface area contributed by atoms with Gasteiger partial charge in [-0.15, -0.1) is 0 Å². The first-order chi connectivity index (χ1) is 7.00. The topological polar surface area (TPSA) is 63.6 Å². The summed E-state index contributed by atoms with van der Waals surface area (Å²) in [7, 11) is 0. The number of ether oxygens (including phenoxy) is 1. The van der Waals surface area contributed by atoms with Crippen molar-refractivity contribution in [2.45, 2.75) is 6.92 Å². The molecule has 0 radical (unpaired) electrons. The summed E-state index contributed by atoms with van der Waals surface area (Å²) in [6.07, 6.45) is 0. The van der Waals surface area contributed by atoms with Crippen molar-refractivity contribution >= 4 is 27.7 Å². The molecular weight excluding hydrogens is 264 g/mol. The van der Waals surface area contributed by atoms with Gasteiger partial charge in [0.05, 0.1) is 5.56 Å². The Morgan fingerprint density at radius 3 is 2.67 bits per heavy atom. The summed E-state index contributed by atoms with van der Waals surface area (Å²) >= 11 is 3.22.